The summed E-state index contributed by atoms with van der Waals surface area (Å²) in [6, 6.07) is 6.50. The molecule has 1 aliphatic heterocycles. The van der Waals surface area contributed by atoms with Gasteiger partial charge in [-0.2, -0.15) is 0 Å². The van der Waals surface area contributed by atoms with E-state index in [1.54, 1.807) is 0 Å². The van der Waals surface area contributed by atoms with Gasteiger partial charge in [0.1, 0.15) is 0 Å². The van der Waals surface area contributed by atoms with Gasteiger partial charge in [-0.1, -0.05) is 6.07 Å². The Morgan fingerprint density at radius 1 is 1.27 bits per heavy atom. The summed E-state index contributed by atoms with van der Waals surface area (Å²) in [6.45, 7) is 2.05. The molecule has 0 radical (unpaired) electrons. The average Bonchev–Trinajstić information content (AvgIpc) is 2.50. The van der Waals surface area contributed by atoms with Gasteiger partial charge in [0.15, 0.2) is 0 Å². The van der Waals surface area contributed by atoms with Crippen LogP contribution in [-0.4, -0.2) is 7.05 Å². The zero-order chi connectivity index (χ0) is 7.68. The van der Waals surface area contributed by atoms with Crippen LogP contribution in [0.5, 0.6) is 0 Å². The number of fused-ring (bicyclic) bond motifs is 1. The van der Waals surface area contributed by atoms with Gasteiger partial charge < -0.3 is 10.6 Å². The summed E-state index contributed by atoms with van der Waals surface area (Å²) in [4.78, 5) is 0. The summed E-state index contributed by atoms with van der Waals surface area (Å²) in [7, 11) is 1.95. The number of nitrogens with one attached hydrogen (secondary N) is 2. The lowest BCUT2D eigenvalue weighted by Crippen LogP contribution is -1.99. The molecule has 0 atom stereocenters. The first-order valence-electron chi connectivity index (χ1n) is 3.90. The molecule has 1 aromatic carbocycles. The first-order valence-corrected chi connectivity index (χ1v) is 3.90. The van der Waals surface area contributed by atoms with Gasteiger partial charge in [-0.3, -0.25) is 0 Å². The zero-order valence-corrected chi connectivity index (χ0v) is 6.65. The zero-order valence-electron chi connectivity index (χ0n) is 6.65. The molecule has 0 aliphatic carbocycles. The van der Waals surface area contributed by atoms with Crippen LogP contribution in [0, 0.1) is 0 Å². The van der Waals surface area contributed by atoms with Gasteiger partial charge in [0, 0.05) is 25.8 Å². The first-order chi connectivity index (χ1) is 5.40. The van der Waals surface area contributed by atoms with Gasteiger partial charge in [0.05, 0.1) is 0 Å². The molecule has 0 aromatic heterocycles. The van der Waals surface area contributed by atoms with E-state index in [9.17, 15) is 0 Å². The van der Waals surface area contributed by atoms with Crippen molar-refractivity contribution in [2.45, 2.75) is 13.1 Å². The molecule has 1 aromatic rings. The van der Waals surface area contributed by atoms with E-state index in [0.717, 1.165) is 13.1 Å². The van der Waals surface area contributed by atoms with Crippen LogP contribution in [0.25, 0.3) is 0 Å². The van der Waals surface area contributed by atoms with Gasteiger partial charge in [0.2, 0.25) is 0 Å². The third-order valence-corrected chi connectivity index (χ3v) is 2.13. The molecule has 0 bridgehead atoms. The number of benzene rings is 1. The molecular formula is C9H12N2. The fourth-order valence-corrected chi connectivity index (χ4v) is 1.45. The van der Waals surface area contributed by atoms with Crippen LogP contribution in [0.1, 0.15) is 11.1 Å². The van der Waals surface area contributed by atoms with Gasteiger partial charge in [-0.15, -0.1) is 0 Å². The van der Waals surface area contributed by atoms with Crippen LogP contribution < -0.4 is 10.6 Å². The molecule has 1 aliphatic rings. The third-order valence-electron chi connectivity index (χ3n) is 2.13. The summed E-state index contributed by atoms with van der Waals surface area (Å²) in [5, 5.41) is 6.44. The fraction of sp³-hybridized carbons (Fsp3) is 0.333. The van der Waals surface area contributed by atoms with E-state index in [4.69, 9.17) is 0 Å². The van der Waals surface area contributed by atoms with Gasteiger partial charge in [-0.25, -0.2) is 0 Å². The quantitative estimate of drug-likeness (QED) is 0.628. The Hall–Kier alpha value is -1.02. The molecular weight excluding hydrogens is 136 g/mol. The second-order valence-electron chi connectivity index (χ2n) is 2.84. The maximum atomic E-state index is 3.31. The highest BCUT2D eigenvalue weighted by molar-refractivity contribution is 5.49. The van der Waals surface area contributed by atoms with E-state index < -0.39 is 0 Å². The first kappa shape index (κ1) is 6.68. The molecule has 1 heterocycles. The SMILES string of the molecule is CNc1ccc2c(c1)CNC2. The van der Waals surface area contributed by atoms with E-state index in [2.05, 4.69) is 28.8 Å². The van der Waals surface area contributed by atoms with Crippen LogP contribution in [-0.2, 0) is 13.1 Å². The topological polar surface area (TPSA) is 24.1 Å². The molecule has 0 fully saturated rings. The molecule has 0 unspecified atom stereocenters. The summed E-state index contributed by atoms with van der Waals surface area (Å²) in [5.41, 5.74) is 4.06. The lowest BCUT2D eigenvalue weighted by Gasteiger charge is -2.01. The fourth-order valence-electron chi connectivity index (χ4n) is 1.45. The van der Waals surface area contributed by atoms with E-state index in [-0.39, 0.29) is 0 Å². The van der Waals surface area contributed by atoms with Crippen LogP contribution >= 0.6 is 0 Å². The normalized spacial score (nSPS) is 14.6. The van der Waals surface area contributed by atoms with E-state index in [1.165, 1.54) is 16.8 Å². The van der Waals surface area contributed by atoms with Crippen molar-refractivity contribution in [1.29, 1.82) is 0 Å². The molecule has 0 spiro atoms. The Balaban J connectivity index is 2.41. The summed E-state index contributed by atoms with van der Waals surface area (Å²) >= 11 is 0. The van der Waals surface area contributed by atoms with Crippen LogP contribution in [0.2, 0.25) is 0 Å². The number of hydrogen-bond donors (Lipinski definition) is 2. The highest BCUT2D eigenvalue weighted by Crippen LogP contribution is 2.19. The molecule has 2 rings (SSSR count). The number of anilines is 1. The van der Waals surface area contributed by atoms with E-state index in [0.29, 0.717) is 0 Å². The van der Waals surface area contributed by atoms with Crippen molar-refractivity contribution in [2.24, 2.45) is 0 Å². The predicted molar refractivity (Wildman–Crippen MR) is 46.5 cm³/mol. The highest BCUT2D eigenvalue weighted by atomic mass is 14.9. The standard InChI is InChI=1S/C9H12N2/c1-10-9-3-2-7-5-11-6-8(7)4-9/h2-4,10-11H,5-6H2,1H3. The lowest BCUT2D eigenvalue weighted by atomic mass is 10.1. The minimum Gasteiger partial charge on any atom is -0.388 e. The smallest absolute Gasteiger partial charge is 0.0341 e. The summed E-state index contributed by atoms with van der Waals surface area (Å²) < 4.78 is 0. The van der Waals surface area contributed by atoms with Crippen molar-refractivity contribution in [3.8, 4) is 0 Å². The van der Waals surface area contributed by atoms with E-state index in [1.807, 2.05) is 7.05 Å². The second kappa shape index (κ2) is 2.55. The third kappa shape index (κ3) is 1.10. The maximum absolute atomic E-state index is 3.31. The Morgan fingerprint density at radius 2 is 2.09 bits per heavy atom. The number of rotatable bonds is 1. The van der Waals surface area contributed by atoms with E-state index >= 15 is 0 Å². The molecule has 58 valence electrons. The Bertz CT molecular complexity index is 268. The molecule has 2 nitrogen and oxygen atoms in total. The molecule has 0 amide bonds. The molecule has 2 heteroatoms. The Kier molecular flexibility index (Phi) is 1.55. The average molecular weight is 148 g/mol. The molecule has 11 heavy (non-hydrogen) atoms. The minimum atomic E-state index is 1.02. The largest absolute Gasteiger partial charge is 0.388 e. The van der Waals surface area contributed by atoms with Crippen molar-refractivity contribution in [3.63, 3.8) is 0 Å². The summed E-state index contributed by atoms with van der Waals surface area (Å²) in [5.74, 6) is 0. The van der Waals surface area contributed by atoms with Crippen LogP contribution in [0.15, 0.2) is 18.2 Å². The Labute approximate surface area is 66.6 Å². The number of hydrogen-bond acceptors (Lipinski definition) is 2. The monoisotopic (exact) mass is 148 g/mol. The van der Waals surface area contributed by atoms with Crippen LogP contribution in [0.3, 0.4) is 0 Å². The Morgan fingerprint density at radius 3 is 2.91 bits per heavy atom. The van der Waals surface area contributed by atoms with Crippen molar-refractivity contribution in [1.82, 2.24) is 5.32 Å². The predicted octanol–water partition coefficient (Wildman–Crippen LogP) is 1.33. The van der Waals surface area contributed by atoms with Crippen molar-refractivity contribution in [3.05, 3.63) is 29.3 Å². The highest BCUT2D eigenvalue weighted by Gasteiger charge is 2.08. The molecule has 0 saturated heterocycles. The molecule has 2 N–H and O–H groups in total. The van der Waals surface area contributed by atoms with Crippen LogP contribution in [0.4, 0.5) is 5.69 Å². The summed E-state index contributed by atoms with van der Waals surface area (Å²) in [6.07, 6.45) is 0. The van der Waals surface area contributed by atoms with Gasteiger partial charge in [-0.05, 0) is 23.3 Å². The maximum Gasteiger partial charge on any atom is 0.0341 e. The van der Waals surface area contributed by atoms with Crippen molar-refractivity contribution in [2.75, 3.05) is 12.4 Å². The minimum absolute atomic E-state index is 1.02. The van der Waals surface area contributed by atoms with Crippen molar-refractivity contribution >= 4 is 5.69 Å². The van der Waals surface area contributed by atoms with Gasteiger partial charge in [0.25, 0.3) is 0 Å². The second-order valence-corrected chi connectivity index (χ2v) is 2.84. The van der Waals surface area contributed by atoms with Gasteiger partial charge >= 0.3 is 0 Å². The molecule has 0 saturated carbocycles. The van der Waals surface area contributed by atoms with Crippen molar-refractivity contribution < 1.29 is 0 Å². The lowest BCUT2D eigenvalue weighted by molar-refractivity contribution is 0.765.